The van der Waals surface area contributed by atoms with Crippen LogP contribution in [0, 0.1) is 24.2 Å². The highest BCUT2D eigenvalue weighted by Gasteiger charge is 2.42. The van der Waals surface area contributed by atoms with Gasteiger partial charge in [-0.05, 0) is 56.2 Å². The number of carbonyl (C=O) groups is 2. The highest BCUT2D eigenvalue weighted by Crippen LogP contribution is 2.33. The number of aliphatic hydroxyl groups is 3. The number of hydrogen-bond donors (Lipinski definition) is 3. The molecule has 1 aromatic heterocycles. The van der Waals surface area contributed by atoms with E-state index in [2.05, 4.69) is 15.0 Å². The van der Waals surface area contributed by atoms with Crippen molar-refractivity contribution in [1.29, 1.82) is 0 Å². The van der Waals surface area contributed by atoms with E-state index in [1.807, 2.05) is 19.2 Å². The summed E-state index contributed by atoms with van der Waals surface area (Å²) in [6.45, 7) is 10.2. The number of aliphatic hydroxyl groups excluding tert-OH is 3. The van der Waals surface area contributed by atoms with Crippen LogP contribution >= 0.6 is 11.3 Å². The molecule has 7 atom stereocenters. The summed E-state index contributed by atoms with van der Waals surface area (Å²) in [5.41, 5.74) is 9.17. The van der Waals surface area contributed by atoms with E-state index in [0.29, 0.717) is 30.5 Å². The Morgan fingerprint density at radius 1 is 1.27 bits per heavy atom. The van der Waals surface area contributed by atoms with Crippen LogP contribution in [-0.2, 0) is 14.3 Å². The number of aryl methyl sites for hydroxylation is 1. The molecule has 2 rings (SSSR count). The molecule has 1 unspecified atom stereocenters. The summed E-state index contributed by atoms with van der Waals surface area (Å²) in [5.74, 6) is -2.07. The second-order valence-electron chi connectivity index (χ2n) is 10.7. The Morgan fingerprint density at radius 3 is 2.54 bits per heavy atom. The van der Waals surface area contributed by atoms with Crippen molar-refractivity contribution in [2.75, 3.05) is 0 Å². The maximum absolute atomic E-state index is 13.2. The molecule has 0 aliphatic carbocycles. The first-order valence-corrected chi connectivity index (χ1v) is 13.6. The number of rotatable bonds is 3. The molecule has 206 valence electrons. The predicted octanol–water partition coefficient (Wildman–Crippen LogP) is 4.36. The first-order valence-electron chi connectivity index (χ1n) is 12.7. The van der Waals surface area contributed by atoms with Crippen LogP contribution in [0.3, 0.4) is 0 Å². The lowest BCUT2D eigenvalue weighted by atomic mass is 9.73. The van der Waals surface area contributed by atoms with Gasteiger partial charge in [-0.1, -0.05) is 39.2 Å². The number of ether oxygens (including phenoxy) is 1. The first kappa shape index (κ1) is 30.9. The summed E-state index contributed by atoms with van der Waals surface area (Å²) in [6, 6.07) is -0.863. The second kappa shape index (κ2) is 13.5. The Bertz CT molecular complexity index is 1020. The zero-order valence-corrected chi connectivity index (χ0v) is 23.3. The average Bonchev–Trinajstić information content (AvgIpc) is 3.24. The molecule has 1 aliphatic heterocycles. The van der Waals surface area contributed by atoms with E-state index >= 15 is 0 Å². The smallest absolute Gasteiger partial charge is 0.309 e. The highest BCUT2D eigenvalue weighted by molar-refractivity contribution is 7.09. The number of Topliss-reactive ketones (excluding diaryl/α,β-unsaturated/α-hetero) is 1. The molecule has 37 heavy (non-hydrogen) atoms. The van der Waals surface area contributed by atoms with Crippen molar-refractivity contribution in [1.82, 2.24) is 4.98 Å². The number of esters is 1. The third kappa shape index (κ3) is 8.35. The molecule has 1 aromatic rings. The van der Waals surface area contributed by atoms with E-state index in [9.17, 15) is 24.9 Å². The maximum atomic E-state index is 13.2. The predicted molar refractivity (Wildman–Crippen MR) is 142 cm³/mol. The third-order valence-corrected chi connectivity index (χ3v) is 8.18. The first-order chi connectivity index (χ1) is 17.3. The summed E-state index contributed by atoms with van der Waals surface area (Å²) in [4.78, 5) is 33.5. The standard InChI is InChI=1S/C26H40N4O6S/c1-14-8-7-9-20(31)19(29-30-27)11-21(15(2)10-18-13-37-17(4)28-18)36-23(33)12-22(32)26(5,6)25(35)16(3)24(14)34/h10,13-14,16,19-22,24,31-32,34H,7-9,11-12H2,1-6H3/t14-,16+,19-,20-,21?,22-,24-/m0/s1. The molecule has 1 aliphatic rings. The number of hydrogen-bond acceptors (Lipinski definition) is 9. The van der Waals surface area contributed by atoms with Crippen LogP contribution in [-0.4, -0.2) is 62.5 Å². The van der Waals surface area contributed by atoms with Gasteiger partial charge in [0.1, 0.15) is 11.9 Å². The fraction of sp³-hybridized carbons (Fsp3) is 0.731. The summed E-state index contributed by atoms with van der Waals surface area (Å²) in [7, 11) is 0. The number of aromatic nitrogens is 1. The molecular formula is C26H40N4O6S. The Hall–Kier alpha value is -2.30. The minimum atomic E-state index is -1.34. The molecule has 0 aromatic carbocycles. The fourth-order valence-corrected chi connectivity index (χ4v) is 5.27. The molecular weight excluding hydrogens is 496 g/mol. The van der Waals surface area contributed by atoms with E-state index in [1.165, 1.54) is 11.3 Å². The molecule has 1 saturated heterocycles. The normalized spacial score (nSPS) is 32.9. The lowest BCUT2D eigenvalue weighted by Crippen LogP contribution is -2.46. The average molecular weight is 537 g/mol. The zero-order valence-electron chi connectivity index (χ0n) is 22.5. The second-order valence-corrected chi connectivity index (χ2v) is 11.8. The van der Waals surface area contributed by atoms with E-state index in [-0.39, 0.29) is 18.1 Å². The molecule has 0 bridgehead atoms. The Morgan fingerprint density at radius 2 is 1.95 bits per heavy atom. The summed E-state index contributed by atoms with van der Waals surface area (Å²) < 4.78 is 5.73. The topological polar surface area (TPSA) is 166 Å². The molecule has 2 heterocycles. The molecule has 1 fully saturated rings. The van der Waals surface area contributed by atoms with Gasteiger partial charge in [-0.15, -0.1) is 11.3 Å². The summed E-state index contributed by atoms with van der Waals surface area (Å²) in [5, 5.41) is 39.0. The minimum absolute atomic E-state index is 0.0377. The molecule has 0 spiro atoms. The lowest BCUT2D eigenvalue weighted by Gasteiger charge is -2.35. The van der Waals surface area contributed by atoms with Gasteiger partial charge < -0.3 is 20.1 Å². The zero-order chi connectivity index (χ0) is 27.9. The van der Waals surface area contributed by atoms with Gasteiger partial charge in [-0.25, -0.2) is 4.98 Å². The number of carbonyl (C=O) groups excluding carboxylic acids is 2. The van der Waals surface area contributed by atoms with Crippen molar-refractivity contribution in [2.45, 2.75) is 104 Å². The number of azide groups is 1. The molecule has 0 amide bonds. The molecule has 11 heteroatoms. The summed E-state index contributed by atoms with van der Waals surface area (Å²) in [6.07, 6.45) is -1.38. The van der Waals surface area contributed by atoms with Gasteiger partial charge in [0, 0.05) is 16.2 Å². The van der Waals surface area contributed by atoms with Gasteiger partial charge >= 0.3 is 5.97 Å². The van der Waals surface area contributed by atoms with Crippen LogP contribution in [0.15, 0.2) is 16.1 Å². The van der Waals surface area contributed by atoms with Crippen LogP contribution in [0.25, 0.3) is 16.5 Å². The minimum Gasteiger partial charge on any atom is -0.458 e. The number of cyclic esters (lactones) is 1. The SMILES string of the molecule is CC(=Cc1csc(C)n1)C1C[C@H](N=[N+]=[N-])[C@@H](O)CCC[C@H](C)[C@H](O)[C@@H](C)C(=O)C(C)(C)[C@@H](O)CC(=O)O1. The maximum Gasteiger partial charge on any atom is 0.309 e. The van der Waals surface area contributed by atoms with Gasteiger partial charge in [0.2, 0.25) is 0 Å². The number of nitrogens with zero attached hydrogens (tertiary/aromatic N) is 4. The Labute approximate surface area is 222 Å². The fourth-order valence-electron chi connectivity index (χ4n) is 4.70. The lowest BCUT2D eigenvalue weighted by molar-refractivity contribution is -0.154. The molecule has 10 nitrogen and oxygen atoms in total. The Kier molecular flexibility index (Phi) is 11.3. The number of ketones is 1. The molecule has 0 saturated carbocycles. The highest BCUT2D eigenvalue weighted by atomic mass is 32.1. The van der Waals surface area contributed by atoms with Crippen LogP contribution in [0.5, 0.6) is 0 Å². The van der Waals surface area contributed by atoms with E-state index in [1.54, 1.807) is 33.8 Å². The molecule has 3 N–H and O–H groups in total. The van der Waals surface area contributed by atoms with Crippen molar-refractivity contribution in [3.05, 3.63) is 32.1 Å². The van der Waals surface area contributed by atoms with Gasteiger partial charge in [0.15, 0.2) is 0 Å². The molecule has 0 radical (unpaired) electrons. The monoisotopic (exact) mass is 536 g/mol. The largest absolute Gasteiger partial charge is 0.458 e. The van der Waals surface area contributed by atoms with E-state index < -0.39 is 54.2 Å². The quantitative estimate of drug-likeness (QED) is 0.223. The number of thiazole rings is 1. The van der Waals surface area contributed by atoms with Gasteiger partial charge in [0.05, 0.1) is 46.9 Å². The van der Waals surface area contributed by atoms with Gasteiger partial charge in [0.25, 0.3) is 0 Å². The van der Waals surface area contributed by atoms with E-state index in [0.717, 1.165) is 5.01 Å². The van der Waals surface area contributed by atoms with Crippen molar-refractivity contribution in [2.24, 2.45) is 22.4 Å². The van der Waals surface area contributed by atoms with Crippen molar-refractivity contribution < 1.29 is 29.6 Å². The van der Waals surface area contributed by atoms with Crippen LogP contribution < -0.4 is 0 Å². The van der Waals surface area contributed by atoms with Gasteiger partial charge in [-0.3, -0.25) is 9.59 Å². The van der Waals surface area contributed by atoms with E-state index in [4.69, 9.17) is 10.3 Å². The third-order valence-electron chi connectivity index (χ3n) is 7.39. The van der Waals surface area contributed by atoms with Crippen molar-refractivity contribution >= 4 is 29.2 Å². The van der Waals surface area contributed by atoms with Crippen molar-refractivity contribution in [3.63, 3.8) is 0 Å². The van der Waals surface area contributed by atoms with Crippen molar-refractivity contribution in [3.8, 4) is 0 Å². The van der Waals surface area contributed by atoms with Gasteiger partial charge in [-0.2, -0.15) is 0 Å². The van der Waals surface area contributed by atoms with Crippen LogP contribution in [0.4, 0.5) is 0 Å². The van der Waals surface area contributed by atoms with Crippen LogP contribution in [0.2, 0.25) is 0 Å². The van der Waals surface area contributed by atoms with Crippen LogP contribution in [0.1, 0.15) is 77.4 Å². The summed E-state index contributed by atoms with van der Waals surface area (Å²) >= 11 is 1.48. The Balaban J connectivity index is 2.43.